The molecule has 0 amide bonds. The number of esters is 1. The van der Waals surface area contributed by atoms with E-state index in [4.69, 9.17) is 9.15 Å². The van der Waals surface area contributed by atoms with Gasteiger partial charge in [-0.2, -0.15) is 0 Å². The maximum atomic E-state index is 11.6. The maximum Gasteiger partial charge on any atom is 0.303 e. The smallest absolute Gasteiger partial charge is 0.303 e. The molecule has 1 unspecified atom stereocenters. The van der Waals surface area contributed by atoms with Crippen molar-refractivity contribution in [1.29, 1.82) is 0 Å². The SMILES string of the molecule is CCCCCCCCCCCCC(OC(C)=O)c1coc([Si](CC)(CC)CC)c1. The van der Waals surface area contributed by atoms with Crippen LogP contribution < -0.4 is 5.38 Å². The summed E-state index contributed by atoms with van der Waals surface area (Å²) in [5.74, 6) is -0.199. The monoisotopic (exact) mass is 422 g/mol. The van der Waals surface area contributed by atoms with Crippen LogP contribution >= 0.6 is 0 Å². The van der Waals surface area contributed by atoms with Gasteiger partial charge >= 0.3 is 5.97 Å². The highest BCUT2D eigenvalue weighted by atomic mass is 28.3. The minimum atomic E-state index is -1.53. The summed E-state index contributed by atoms with van der Waals surface area (Å²) in [6.45, 7) is 10.6. The highest BCUT2D eigenvalue weighted by Gasteiger charge is 2.33. The summed E-state index contributed by atoms with van der Waals surface area (Å²) in [7, 11) is -1.53. The highest BCUT2D eigenvalue weighted by molar-refractivity contribution is 6.90. The molecule has 1 atom stereocenters. The molecule has 0 fully saturated rings. The predicted octanol–water partition coefficient (Wildman–Crippen LogP) is 7.91. The number of rotatable bonds is 17. The summed E-state index contributed by atoms with van der Waals surface area (Å²) >= 11 is 0. The highest BCUT2D eigenvalue weighted by Crippen LogP contribution is 2.28. The Balaban J connectivity index is 2.48. The lowest BCUT2D eigenvalue weighted by Gasteiger charge is -2.24. The Kier molecular flexibility index (Phi) is 13.3. The first kappa shape index (κ1) is 26.0. The predicted molar refractivity (Wildman–Crippen MR) is 127 cm³/mol. The van der Waals surface area contributed by atoms with Gasteiger partial charge in [0.05, 0.1) is 11.6 Å². The fourth-order valence-electron chi connectivity index (χ4n) is 4.38. The van der Waals surface area contributed by atoms with Gasteiger partial charge < -0.3 is 9.15 Å². The van der Waals surface area contributed by atoms with Crippen LogP contribution in [0, 0.1) is 0 Å². The molecule has 1 rings (SSSR count). The molecule has 0 bridgehead atoms. The second-order valence-electron chi connectivity index (χ2n) is 8.65. The second-order valence-corrected chi connectivity index (χ2v) is 13.8. The van der Waals surface area contributed by atoms with Crippen molar-refractivity contribution in [2.45, 2.75) is 129 Å². The summed E-state index contributed by atoms with van der Waals surface area (Å²) in [5, 5.41) is 1.18. The molecule has 0 N–H and O–H groups in total. The topological polar surface area (TPSA) is 39.4 Å². The average Bonchev–Trinajstić information content (AvgIpc) is 3.20. The standard InChI is InChI=1S/C25H46O3Si/c1-6-10-11-12-13-14-15-16-17-18-19-24(28-22(5)26)23-20-25(27-21-23)29(7-2,8-3)9-4/h20-21,24H,6-19H2,1-5H3. The average molecular weight is 423 g/mol. The molecule has 3 nitrogen and oxygen atoms in total. The number of carbonyl (C=O) groups excluding carboxylic acids is 1. The normalized spacial score (nSPS) is 12.9. The third kappa shape index (κ3) is 9.11. The van der Waals surface area contributed by atoms with E-state index in [2.05, 4.69) is 33.8 Å². The van der Waals surface area contributed by atoms with Crippen LogP contribution in [-0.2, 0) is 9.53 Å². The Morgan fingerprint density at radius 1 is 0.897 bits per heavy atom. The first-order valence-electron chi connectivity index (χ1n) is 12.3. The van der Waals surface area contributed by atoms with Crippen LogP contribution in [0.1, 0.15) is 117 Å². The van der Waals surface area contributed by atoms with Gasteiger partial charge in [-0.25, -0.2) is 0 Å². The molecule has 0 aliphatic rings. The first-order valence-corrected chi connectivity index (χ1v) is 14.9. The van der Waals surface area contributed by atoms with E-state index in [1.807, 2.05) is 6.26 Å². The molecule has 0 aliphatic heterocycles. The molecule has 0 aromatic carbocycles. The molecule has 0 saturated heterocycles. The molecule has 0 spiro atoms. The van der Waals surface area contributed by atoms with E-state index < -0.39 is 8.07 Å². The first-order chi connectivity index (χ1) is 14.0. The third-order valence-corrected chi connectivity index (χ3v) is 12.0. The minimum absolute atomic E-state index is 0.156. The van der Waals surface area contributed by atoms with Crippen molar-refractivity contribution >= 4 is 19.4 Å². The summed E-state index contributed by atoms with van der Waals surface area (Å²) in [4.78, 5) is 11.6. The van der Waals surface area contributed by atoms with Gasteiger partial charge in [0.25, 0.3) is 0 Å². The lowest BCUT2D eigenvalue weighted by atomic mass is 10.0. The Morgan fingerprint density at radius 2 is 1.41 bits per heavy atom. The number of hydrogen-bond acceptors (Lipinski definition) is 3. The van der Waals surface area contributed by atoms with Crippen LogP contribution in [0.25, 0.3) is 0 Å². The number of furan rings is 1. The zero-order chi connectivity index (χ0) is 21.5. The molecule has 1 aromatic heterocycles. The van der Waals surface area contributed by atoms with E-state index in [1.54, 1.807) is 0 Å². The lowest BCUT2D eigenvalue weighted by Crippen LogP contribution is -2.44. The van der Waals surface area contributed by atoms with Gasteiger partial charge in [-0.3, -0.25) is 4.79 Å². The largest absolute Gasteiger partial charge is 0.474 e. The molecule has 0 aliphatic carbocycles. The lowest BCUT2D eigenvalue weighted by molar-refractivity contribution is -0.147. The van der Waals surface area contributed by atoms with Crippen molar-refractivity contribution in [3.05, 3.63) is 17.9 Å². The Hall–Kier alpha value is -1.03. The van der Waals surface area contributed by atoms with E-state index >= 15 is 0 Å². The van der Waals surface area contributed by atoms with Gasteiger partial charge in [0.15, 0.2) is 0 Å². The molecule has 29 heavy (non-hydrogen) atoms. The van der Waals surface area contributed by atoms with Crippen LogP contribution in [0.15, 0.2) is 16.7 Å². The third-order valence-electron chi connectivity index (χ3n) is 6.67. The van der Waals surface area contributed by atoms with Crippen molar-refractivity contribution in [2.75, 3.05) is 0 Å². The van der Waals surface area contributed by atoms with Crippen LogP contribution in [-0.4, -0.2) is 14.0 Å². The molecule has 1 heterocycles. The molecule has 168 valence electrons. The van der Waals surface area contributed by atoms with E-state index in [1.165, 1.54) is 88.2 Å². The Labute approximate surface area is 181 Å². The number of hydrogen-bond donors (Lipinski definition) is 0. The Morgan fingerprint density at radius 3 is 1.90 bits per heavy atom. The minimum Gasteiger partial charge on any atom is -0.474 e. The molecule has 0 saturated carbocycles. The van der Waals surface area contributed by atoms with Crippen LogP contribution in [0.4, 0.5) is 0 Å². The van der Waals surface area contributed by atoms with Gasteiger partial charge in [0.1, 0.15) is 14.2 Å². The summed E-state index contributed by atoms with van der Waals surface area (Å²) < 4.78 is 11.7. The van der Waals surface area contributed by atoms with Crippen molar-refractivity contribution in [3.8, 4) is 0 Å². The molecule has 4 heteroatoms. The van der Waals surface area contributed by atoms with Gasteiger partial charge in [-0.15, -0.1) is 0 Å². The van der Waals surface area contributed by atoms with E-state index in [-0.39, 0.29) is 12.1 Å². The quantitative estimate of drug-likeness (QED) is 0.145. The van der Waals surface area contributed by atoms with Gasteiger partial charge in [0.2, 0.25) is 0 Å². The summed E-state index contributed by atoms with van der Waals surface area (Å²) in [5.41, 5.74) is 1.05. The van der Waals surface area contributed by atoms with Crippen molar-refractivity contribution < 1.29 is 13.9 Å². The number of unbranched alkanes of at least 4 members (excludes halogenated alkanes) is 9. The van der Waals surface area contributed by atoms with Gasteiger partial charge in [-0.1, -0.05) is 104 Å². The van der Waals surface area contributed by atoms with E-state index in [0.29, 0.717) is 0 Å². The van der Waals surface area contributed by atoms with Crippen LogP contribution in [0.5, 0.6) is 0 Å². The van der Waals surface area contributed by atoms with Crippen molar-refractivity contribution in [3.63, 3.8) is 0 Å². The maximum absolute atomic E-state index is 11.6. The fraction of sp³-hybridized carbons (Fsp3) is 0.800. The van der Waals surface area contributed by atoms with Gasteiger partial charge in [-0.05, 0) is 18.9 Å². The summed E-state index contributed by atoms with van der Waals surface area (Å²) in [6.07, 6.45) is 15.8. The van der Waals surface area contributed by atoms with Crippen LogP contribution in [0.2, 0.25) is 18.1 Å². The molecule has 0 radical (unpaired) electrons. The zero-order valence-electron chi connectivity index (χ0n) is 19.9. The molecule has 1 aromatic rings. The molecular formula is C25H46O3Si. The summed E-state index contributed by atoms with van der Waals surface area (Å²) in [6, 6.07) is 5.80. The number of carbonyl (C=O) groups is 1. The second kappa shape index (κ2) is 14.9. The molecular weight excluding hydrogens is 376 g/mol. The van der Waals surface area contributed by atoms with E-state index in [9.17, 15) is 4.79 Å². The fourth-order valence-corrected chi connectivity index (χ4v) is 7.71. The van der Waals surface area contributed by atoms with Crippen molar-refractivity contribution in [2.24, 2.45) is 0 Å². The number of ether oxygens (including phenoxy) is 1. The van der Waals surface area contributed by atoms with Gasteiger partial charge in [0, 0.05) is 12.5 Å². The van der Waals surface area contributed by atoms with Crippen molar-refractivity contribution in [1.82, 2.24) is 0 Å². The Bertz CT molecular complexity index is 540. The van der Waals surface area contributed by atoms with E-state index in [0.717, 1.165) is 18.4 Å². The zero-order valence-corrected chi connectivity index (χ0v) is 20.9. The van der Waals surface area contributed by atoms with Crippen LogP contribution in [0.3, 0.4) is 0 Å².